The zero-order chi connectivity index (χ0) is 16.4. The minimum atomic E-state index is -0.0432. The average Bonchev–Trinajstić information content (AvgIpc) is 3.17. The number of aromatic nitrogens is 3. The van der Waals surface area contributed by atoms with Crippen molar-refractivity contribution in [3.63, 3.8) is 0 Å². The molecule has 0 atom stereocenters. The maximum absolute atomic E-state index is 12.3. The number of carbonyl (C=O) groups is 1. The van der Waals surface area contributed by atoms with E-state index in [1.807, 2.05) is 35.2 Å². The SMILES string of the molecule is O=C(c1ccc(Nc2cccc3cccnc23)nn1)N1CCCC1. The van der Waals surface area contributed by atoms with Crippen LogP contribution in [0, 0.1) is 0 Å². The molecule has 0 saturated carbocycles. The maximum atomic E-state index is 12.3. The minimum absolute atomic E-state index is 0.0432. The van der Waals surface area contributed by atoms with Gasteiger partial charge in [0, 0.05) is 24.7 Å². The third-order valence-electron chi connectivity index (χ3n) is 4.17. The first-order valence-corrected chi connectivity index (χ1v) is 8.05. The second-order valence-corrected chi connectivity index (χ2v) is 5.81. The van der Waals surface area contributed by atoms with E-state index in [4.69, 9.17) is 0 Å². The van der Waals surface area contributed by atoms with Gasteiger partial charge in [0.05, 0.1) is 11.2 Å². The van der Waals surface area contributed by atoms with Crippen LogP contribution in [0.15, 0.2) is 48.7 Å². The van der Waals surface area contributed by atoms with Crippen LogP contribution in [-0.2, 0) is 0 Å². The van der Waals surface area contributed by atoms with Crippen molar-refractivity contribution >= 4 is 28.3 Å². The molecule has 1 fully saturated rings. The summed E-state index contributed by atoms with van der Waals surface area (Å²) in [6.45, 7) is 1.62. The molecular weight excluding hydrogens is 302 g/mol. The Balaban J connectivity index is 1.55. The number of nitrogens with one attached hydrogen (secondary N) is 1. The summed E-state index contributed by atoms with van der Waals surface area (Å²) in [5, 5.41) is 12.5. The average molecular weight is 319 g/mol. The summed E-state index contributed by atoms with van der Waals surface area (Å²) in [6.07, 6.45) is 3.89. The van der Waals surface area contributed by atoms with E-state index in [0.29, 0.717) is 11.5 Å². The van der Waals surface area contributed by atoms with Gasteiger partial charge in [-0.1, -0.05) is 18.2 Å². The molecule has 3 heterocycles. The van der Waals surface area contributed by atoms with Crippen molar-refractivity contribution < 1.29 is 4.79 Å². The maximum Gasteiger partial charge on any atom is 0.274 e. The van der Waals surface area contributed by atoms with Crippen molar-refractivity contribution in [3.8, 4) is 0 Å². The molecule has 1 amide bonds. The lowest BCUT2D eigenvalue weighted by molar-refractivity contribution is 0.0786. The van der Waals surface area contributed by atoms with E-state index in [9.17, 15) is 4.79 Å². The van der Waals surface area contributed by atoms with Gasteiger partial charge in [0.2, 0.25) is 0 Å². The Labute approximate surface area is 139 Å². The molecule has 0 spiro atoms. The molecule has 1 aromatic carbocycles. The summed E-state index contributed by atoms with van der Waals surface area (Å²) < 4.78 is 0. The highest BCUT2D eigenvalue weighted by atomic mass is 16.2. The molecule has 0 aliphatic carbocycles. The van der Waals surface area contributed by atoms with Gasteiger partial charge in [0.15, 0.2) is 11.5 Å². The second kappa shape index (κ2) is 6.23. The number of likely N-dealkylation sites (tertiary alicyclic amines) is 1. The van der Waals surface area contributed by atoms with Gasteiger partial charge >= 0.3 is 0 Å². The highest BCUT2D eigenvalue weighted by Gasteiger charge is 2.20. The van der Waals surface area contributed by atoms with Crippen LogP contribution in [0.4, 0.5) is 11.5 Å². The predicted molar refractivity (Wildman–Crippen MR) is 92.2 cm³/mol. The van der Waals surface area contributed by atoms with E-state index in [1.165, 1.54) is 0 Å². The van der Waals surface area contributed by atoms with Gasteiger partial charge < -0.3 is 10.2 Å². The van der Waals surface area contributed by atoms with Crippen molar-refractivity contribution in [1.82, 2.24) is 20.1 Å². The Morgan fingerprint density at radius 1 is 1.00 bits per heavy atom. The lowest BCUT2D eigenvalue weighted by Gasteiger charge is -2.14. The summed E-state index contributed by atoms with van der Waals surface area (Å²) in [4.78, 5) is 18.5. The molecular formula is C18H17N5O. The molecule has 120 valence electrons. The minimum Gasteiger partial charge on any atom is -0.337 e. The van der Waals surface area contributed by atoms with E-state index < -0.39 is 0 Å². The van der Waals surface area contributed by atoms with Gasteiger partial charge in [-0.25, -0.2) is 0 Å². The number of pyridine rings is 1. The molecule has 3 aromatic rings. The smallest absolute Gasteiger partial charge is 0.274 e. The Kier molecular flexibility index (Phi) is 3.78. The molecule has 6 heteroatoms. The second-order valence-electron chi connectivity index (χ2n) is 5.81. The van der Waals surface area contributed by atoms with Gasteiger partial charge in [-0.15, -0.1) is 10.2 Å². The number of hydrogen-bond acceptors (Lipinski definition) is 5. The monoisotopic (exact) mass is 319 g/mol. The van der Waals surface area contributed by atoms with E-state index in [-0.39, 0.29) is 5.91 Å². The van der Waals surface area contributed by atoms with Crippen molar-refractivity contribution in [2.24, 2.45) is 0 Å². The third kappa shape index (κ3) is 2.78. The number of nitrogens with zero attached hydrogens (tertiary/aromatic N) is 4. The molecule has 0 radical (unpaired) electrons. The molecule has 2 aromatic heterocycles. The van der Waals surface area contributed by atoms with Crippen LogP contribution in [-0.4, -0.2) is 39.1 Å². The highest BCUT2D eigenvalue weighted by molar-refractivity contribution is 5.93. The van der Waals surface area contributed by atoms with E-state index in [2.05, 4.69) is 20.5 Å². The van der Waals surface area contributed by atoms with Crippen LogP contribution in [0.1, 0.15) is 23.3 Å². The highest BCUT2D eigenvalue weighted by Crippen LogP contribution is 2.23. The van der Waals surface area contributed by atoms with E-state index in [0.717, 1.165) is 42.5 Å². The van der Waals surface area contributed by atoms with Crippen LogP contribution >= 0.6 is 0 Å². The fourth-order valence-electron chi connectivity index (χ4n) is 2.94. The number of amides is 1. The van der Waals surface area contributed by atoms with Crippen LogP contribution < -0.4 is 5.32 Å². The molecule has 6 nitrogen and oxygen atoms in total. The van der Waals surface area contributed by atoms with Gasteiger partial charge in [0.1, 0.15) is 0 Å². The molecule has 1 aliphatic rings. The Hall–Kier alpha value is -3.02. The normalized spacial score (nSPS) is 14.1. The van der Waals surface area contributed by atoms with E-state index >= 15 is 0 Å². The van der Waals surface area contributed by atoms with Crippen molar-refractivity contribution in [2.75, 3.05) is 18.4 Å². The molecule has 24 heavy (non-hydrogen) atoms. The number of carbonyl (C=O) groups excluding carboxylic acids is 1. The van der Waals surface area contributed by atoms with Crippen LogP contribution in [0.2, 0.25) is 0 Å². The summed E-state index contributed by atoms with van der Waals surface area (Å²) in [7, 11) is 0. The number of hydrogen-bond donors (Lipinski definition) is 1. The van der Waals surface area contributed by atoms with Crippen molar-refractivity contribution in [1.29, 1.82) is 0 Å². The summed E-state index contributed by atoms with van der Waals surface area (Å²) in [6, 6.07) is 13.3. The molecule has 0 bridgehead atoms. The van der Waals surface area contributed by atoms with Crippen molar-refractivity contribution in [2.45, 2.75) is 12.8 Å². The van der Waals surface area contributed by atoms with Crippen LogP contribution in [0.25, 0.3) is 10.9 Å². The van der Waals surface area contributed by atoms with Gasteiger partial charge in [-0.2, -0.15) is 0 Å². The third-order valence-corrected chi connectivity index (χ3v) is 4.17. The number of benzene rings is 1. The van der Waals surface area contributed by atoms with Crippen molar-refractivity contribution in [3.05, 3.63) is 54.4 Å². The topological polar surface area (TPSA) is 71.0 Å². The lowest BCUT2D eigenvalue weighted by atomic mass is 10.2. The first-order chi connectivity index (χ1) is 11.8. The fourth-order valence-corrected chi connectivity index (χ4v) is 2.94. The first kappa shape index (κ1) is 14.6. The van der Waals surface area contributed by atoms with Gasteiger partial charge in [0.25, 0.3) is 5.91 Å². The number of para-hydroxylation sites is 1. The standard InChI is InChI=1S/C18H17N5O/c24-18(23-11-1-2-12-23)15-8-9-16(22-21-15)20-14-7-3-5-13-6-4-10-19-17(13)14/h3-10H,1-2,11-12H2,(H,20,22). The summed E-state index contributed by atoms with van der Waals surface area (Å²) >= 11 is 0. The Bertz CT molecular complexity index is 867. The Morgan fingerprint density at radius 2 is 1.83 bits per heavy atom. The van der Waals surface area contributed by atoms with Gasteiger partial charge in [-0.05, 0) is 37.1 Å². The fraction of sp³-hybridized carbons (Fsp3) is 0.222. The summed E-state index contributed by atoms with van der Waals surface area (Å²) in [5.74, 6) is 0.546. The number of fused-ring (bicyclic) bond motifs is 1. The zero-order valence-electron chi connectivity index (χ0n) is 13.1. The van der Waals surface area contributed by atoms with Crippen LogP contribution in [0.3, 0.4) is 0 Å². The Morgan fingerprint density at radius 3 is 2.62 bits per heavy atom. The lowest BCUT2D eigenvalue weighted by Crippen LogP contribution is -2.28. The predicted octanol–water partition coefficient (Wildman–Crippen LogP) is 3.00. The molecule has 1 aliphatic heterocycles. The van der Waals surface area contributed by atoms with E-state index in [1.54, 1.807) is 18.3 Å². The quantitative estimate of drug-likeness (QED) is 0.803. The molecule has 0 unspecified atom stereocenters. The number of rotatable bonds is 3. The largest absolute Gasteiger partial charge is 0.337 e. The van der Waals surface area contributed by atoms with Gasteiger partial charge in [-0.3, -0.25) is 9.78 Å². The number of anilines is 2. The molecule has 1 N–H and O–H groups in total. The molecule has 4 rings (SSSR count). The zero-order valence-corrected chi connectivity index (χ0v) is 13.1. The molecule has 1 saturated heterocycles. The summed E-state index contributed by atoms with van der Waals surface area (Å²) in [5.41, 5.74) is 2.12. The van der Waals surface area contributed by atoms with Crippen LogP contribution in [0.5, 0.6) is 0 Å². The first-order valence-electron chi connectivity index (χ1n) is 8.05.